The van der Waals surface area contributed by atoms with Gasteiger partial charge in [0, 0.05) is 39.3 Å². The molecule has 0 spiro atoms. The van der Waals surface area contributed by atoms with Crippen LogP contribution in [0.2, 0.25) is 0 Å². The molecular formula is C20H24F3N3O2. The summed E-state index contributed by atoms with van der Waals surface area (Å²) < 4.78 is 38.2. The van der Waals surface area contributed by atoms with Crippen LogP contribution in [0.5, 0.6) is 0 Å². The van der Waals surface area contributed by atoms with Crippen LogP contribution in [-0.2, 0) is 9.59 Å². The molecule has 8 heteroatoms. The van der Waals surface area contributed by atoms with Crippen molar-refractivity contribution >= 4 is 17.9 Å². The Kier molecular flexibility index (Phi) is 6.39. The molecule has 5 nitrogen and oxygen atoms in total. The zero-order valence-electron chi connectivity index (χ0n) is 15.6. The summed E-state index contributed by atoms with van der Waals surface area (Å²) in [5, 5.41) is 0. The quantitative estimate of drug-likeness (QED) is 0.787. The van der Waals surface area contributed by atoms with Crippen LogP contribution in [0, 0.1) is 0 Å². The van der Waals surface area contributed by atoms with Crippen molar-refractivity contribution in [1.29, 1.82) is 0 Å². The fourth-order valence-electron chi connectivity index (χ4n) is 3.69. The molecule has 0 bridgehead atoms. The van der Waals surface area contributed by atoms with Gasteiger partial charge in [-0.2, -0.15) is 13.2 Å². The first kappa shape index (κ1) is 20.4. The van der Waals surface area contributed by atoms with Crippen molar-refractivity contribution in [2.75, 3.05) is 39.3 Å². The Labute approximate surface area is 162 Å². The topological polar surface area (TPSA) is 43.9 Å². The number of hydrogen-bond donors (Lipinski definition) is 0. The standard InChI is InChI=1S/C20H24F3N3O2/c21-20(22,23)19(28)26-11-5-9-17(26)18(27)25-14-12-24(13-15-25)10-4-8-16-6-2-1-3-7-16/h1-4,6-8,17H,5,9-15H2/b8-4+. The van der Waals surface area contributed by atoms with Crippen LogP contribution >= 0.6 is 0 Å². The van der Waals surface area contributed by atoms with Crippen LogP contribution in [0.25, 0.3) is 6.08 Å². The van der Waals surface area contributed by atoms with Crippen LogP contribution in [0.4, 0.5) is 13.2 Å². The highest BCUT2D eigenvalue weighted by atomic mass is 19.4. The van der Waals surface area contributed by atoms with Gasteiger partial charge in [-0.05, 0) is 18.4 Å². The van der Waals surface area contributed by atoms with Crippen molar-refractivity contribution in [3.8, 4) is 0 Å². The van der Waals surface area contributed by atoms with Crippen molar-refractivity contribution in [2.45, 2.75) is 25.1 Å². The van der Waals surface area contributed by atoms with E-state index < -0.39 is 18.1 Å². The Morgan fingerprint density at radius 3 is 2.36 bits per heavy atom. The van der Waals surface area contributed by atoms with E-state index in [1.54, 1.807) is 4.90 Å². The summed E-state index contributed by atoms with van der Waals surface area (Å²) in [4.78, 5) is 28.7. The molecule has 2 aliphatic rings. The highest BCUT2D eigenvalue weighted by molar-refractivity contribution is 5.90. The van der Waals surface area contributed by atoms with Crippen LogP contribution in [0.1, 0.15) is 18.4 Å². The zero-order chi connectivity index (χ0) is 20.1. The molecule has 0 saturated carbocycles. The maximum atomic E-state index is 12.7. The van der Waals surface area contributed by atoms with E-state index >= 15 is 0 Å². The number of piperazine rings is 1. The Balaban J connectivity index is 1.49. The Morgan fingerprint density at radius 1 is 1.04 bits per heavy atom. The number of alkyl halides is 3. The van der Waals surface area contributed by atoms with Gasteiger partial charge in [0.2, 0.25) is 5.91 Å². The van der Waals surface area contributed by atoms with E-state index in [1.165, 1.54) is 0 Å². The van der Waals surface area contributed by atoms with Crippen molar-refractivity contribution in [3.05, 3.63) is 42.0 Å². The van der Waals surface area contributed by atoms with Crippen molar-refractivity contribution < 1.29 is 22.8 Å². The second-order valence-electron chi connectivity index (χ2n) is 7.09. The van der Waals surface area contributed by atoms with Gasteiger partial charge in [-0.25, -0.2) is 0 Å². The first-order chi connectivity index (χ1) is 13.4. The maximum Gasteiger partial charge on any atom is 0.471 e. The number of amides is 2. The number of halogens is 3. The molecule has 1 atom stereocenters. The molecule has 1 aromatic carbocycles. The van der Waals surface area contributed by atoms with Crippen molar-refractivity contribution in [3.63, 3.8) is 0 Å². The SMILES string of the molecule is O=C(C1CCCN1C(=O)C(F)(F)F)N1CCN(C/C=C/c2ccccc2)CC1. The van der Waals surface area contributed by atoms with Crippen LogP contribution in [0.3, 0.4) is 0 Å². The molecule has 1 aromatic rings. The van der Waals surface area contributed by atoms with E-state index in [9.17, 15) is 22.8 Å². The minimum Gasteiger partial charge on any atom is -0.338 e. The van der Waals surface area contributed by atoms with Gasteiger partial charge in [0.15, 0.2) is 0 Å². The lowest BCUT2D eigenvalue weighted by molar-refractivity contribution is -0.187. The van der Waals surface area contributed by atoms with E-state index in [0.717, 1.165) is 12.1 Å². The van der Waals surface area contributed by atoms with Crippen LogP contribution < -0.4 is 0 Å². The monoisotopic (exact) mass is 395 g/mol. The Morgan fingerprint density at radius 2 is 1.71 bits per heavy atom. The molecule has 0 N–H and O–H groups in total. The fraction of sp³-hybridized carbons (Fsp3) is 0.500. The minimum absolute atomic E-state index is 0.0149. The lowest BCUT2D eigenvalue weighted by Gasteiger charge is -2.37. The molecule has 2 saturated heterocycles. The molecule has 28 heavy (non-hydrogen) atoms. The first-order valence-electron chi connectivity index (χ1n) is 9.47. The number of likely N-dealkylation sites (tertiary alicyclic amines) is 1. The van der Waals surface area contributed by atoms with Gasteiger partial charge in [0.05, 0.1) is 0 Å². The normalized spacial score (nSPS) is 21.5. The first-order valence-corrected chi connectivity index (χ1v) is 9.47. The molecule has 2 aliphatic heterocycles. The second kappa shape index (κ2) is 8.77. The van der Waals surface area contributed by atoms with Gasteiger partial charge in [-0.3, -0.25) is 14.5 Å². The molecule has 2 amide bonds. The summed E-state index contributed by atoms with van der Waals surface area (Å²) in [6, 6.07) is 8.95. The lowest BCUT2D eigenvalue weighted by Crippen LogP contribution is -2.55. The molecule has 0 radical (unpaired) electrons. The van der Waals surface area contributed by atoms with Gasteiger partial charge < -0.3 is 9.80 Å². The predicted octanol–water partition coefficient (Wildman–Crippen LogP) is 2.40. The molecule has 152 valence electrons. The van der Waals surface area contributed by atoms with E-state index in [2.05, 4.69) is 11.0 Å². The Hall–Kier alpha value is -2.35. The van der Waals surface area contributed by atoms with Crippen LogP contribution in [0.15, 0.2) is 36.4 Å². The van der Waals surface area contributed by atoms with E-state index in [4.69, 9.17) is 0 Å². The third-order valence-corrected chi connectivity index (χ3v) is 5.20. The zero-order valence-corrected chi connectivity index (χ0v) is 15.6. The van der Waals surface area contributed by atoms with Gasteiger partial charge in [0.25, 0.3) is 0 Å². The molecule has 1 unspecified atom stereocenters. The summed E-state index contributed by atoms with van der Waals surface area (Å²) in [5.74, 6) is -2.28. The molecule has 0 aliphatic carbocycles. The summed E-state index contributed by atoms with van der Waals surface area (Å²) in [7, 11) is 0. The molecule has 0 aromatic heterocycles. The van der Waals surface area contributed by atoms with Crippen molar-refractivity contribution in [1.82, 2.24) is 14.7 Å². The molecular weight excluding hydrogens is 371 g/mol. The van der Waals surface area contributed by atoms with E-state index in [-0.39, 0.29) is 12.5 Å². The molecule has 2 fully saturated rings. The van der Waals surface area contributed by atoms with Crippen LogP contribution in [-0.4, -0.2) is 78.0 Å². The highest BCUT2D eigenvalue weighted by Crippen LogP contribution is 2.27. The number of benzene rings is 1. The van der Waals surface area contributed by atoms with Gasteiger partial charge in [-0.1, -0.05) is 42.5 Å². The molecule has 2 heterocycles. The second-order valence-corrected chi connectivity index (χ2v) is 7.09. The summed E-state index contributed by atoms with van der Waals surface area (Å²) >= 11 is 0. The smallest absolute Gasteiger partial charge is 0.338 e. The van der Waals surface area contributed by atoms with E-state index in [1.807, 2.05) is 36.4 Å². The van der Waals surface area contributed by atoms with E-state index in [0.29, 0.717) is 43.9 Å². The van der Waals surface area contributed by atoms with Crippen molar-refractivity contribution in [2.24, 2.45) is 0 Å². The fourth-order valence-corrected chi connectivity index (χ4v) is 3.69. The van der Waals surface area contributed by atoms with Gasteiger partial charge in [0.1, 0.15) is 6.04 Å². The summed E-state index contributed by atoms with van der Waals surface area (Å²) in [6.07, 6.45) is -0.125. The third kappa shape index (κ3) is 4.92. The lowest BCUT2D eigenvalue weighted by atomic mass is 10.1. The third-order valence-electron chi connectivity index (χ3n) is 5.20. The minimum atomic E-state index is -4.94. The van der Waals surface area contributed by atoms with Gasteiger partial charge in [-0.15, -0.1) is 0 Å². The van der Waals surface area contributed by atoms with Gasteiger partial charge >= 0.3 is 12.1 Å². The number of rotatable bonds is 4. The molecule has 3 rings (SSSR count). The summed E-state index contributed by atoms with van der Waals surface area (Å²) in [5.41, 5.74) is 1.12. The predicted molar refractivity (Wildman–Crippen MR) is 99.3 cm³/mol. The Bertz CT molecular complexity index is 713. The average Bonchev–Trinajstić information content (AvgIpc) is 3.17. The largest absolute Gasteiger partial charge is 0.471 e. The maximum absolute atomic E-state index is 12.7. The number of carbonyl (C=O) groups is 2. The highest BCUT2D eigenvalue weighted by Gasteiger charge is 2.48. The number of nitrogens with zero attached hydrogens (tertiary/aromatic N) is 3. The summed E-state index contributed by atoms with van der Waals surface area (Å²) in [6.45, 7) is 2.97. The average molecular weight is 395 g/mol. The number of hydrogen-bond acceptors (Lipinski definition) is 3. The number of carbonyl (C=O) groups excluding carboxylic acids is 2.